The van der Waals surface area contributed by atoms with Crippen LogP contribution in [0.3, 0.4) is 0 Å². The summed E-state index contributed by atoms with van der Waals surface area (Å²) < 4.78 is 13.0. The number of nitrogens with zero attached hydrogens (tertiary/aromatic N) is 3. The normalized spacial score (nSPS) is 12.7. The van der Waals surface area contributed by atoms with Crippen molar-refractivity contribution < 1.29 is 9.47 Å². The maximum atomic E-state index is 6.11. The lowest BCUT2D eigenvalue weighted by atomic mass is 10.1. The van der Waals surface area contributed by atoms with Gasteiger partial charge in [-0.05, 0) is 42.5 Å². The first kappa shape index (κ1) is 17.6. The quantitative estimate of drug-likeness (QED) is 0.328. The van der Waals surface area contributed by atoms with Crippen LogP contribution >= 0.6 is 23.2 Å². The van der Waals surface area contributed by atoms with E-state index >= 15 is 0 Å². The maximum Gasteiger partial charge on any atom is 0.231 e. The summed E-state index contributed by atoms with van der Waals surface area (Å²) in [7, 11) is 0. The maximum absolute atomic E-state index is 6.11. The molecule has 0 spiro atoms. The molecule has 0 fully saturated rings. The summed E-state index contributed by atoms with van der Waals surface area (Å²) in [5.74, 6) is 1.40. The Hall–Kier alpha value is -3.28. The van der Waals surface area contributed by atoms with Crippen molar-refractivity contribution in [2.45, 2.75) is 0 Å². The summed E-state index contributed by atoms with van der Waals surface area (Å²) in [6.45, 7) is 0.210. The monoisotopic (exact) mass is 433 g/mol. The first-order valence-corrected chi connectivity index (χ1v) is 10.1. The smallest absolute Gasteiger partial charge is 0.231 e. The van der Waals surface area contributed by atoms with Crippen molar-refractivity contribution in [3.8, 4) is 28.4 Å². The van der Waals surface area contributed by atoms with Crippen LogP contribution in [0.25, 0.3) is 38.8 Å². The van der Waals surface area contributed by atoms with E-state index in [0.717, 1.165) is 38.8 Å². The van der Waals surface area contributed by atoms with Crippen molar-refractivity contribution in [2.75, 3.05) is 6.79 Å². The Balaban J connectivity index is 1.71. The van der Waals surface area contributed by atoms with Crippen molar-refractivity contribution >= 4 is 45.0 Å². The number of pyridine rings is 1. The first-order chi connectivity index (χ1) is 14.7. The minimum Gasteiger partial charge on any atom is -0.454 e. The highest BCUT2D eigenvalue weighted by molar-refractivity contribution is 6.31. The predicted octanol–water partition coefficient (Wildman–Crippen LogP) is 6.28. The lowest BCUT2D eigenvalue weighted by Gasteiger charge is -2.07. The third-order valence-electron chi connectivity index (χ3n) is 5.19. The van der Waals surface area contributed by atoms with Gasteiger partial charge in [-0.2, -0.15) is 5.10 Å². The Bertz CT molecular complexity index is 1430. The number of benzene rings is 3. The first-order valence-electron chi connectivity index (χ1n) is 9.30. The van der Waals surface area contributed by atoms with Gasteiger partial charge >= 0.3 is 0 Å². The number of fused-ring (bicyclic) bond motifs is 4. The highest BCUT2D eigenvalue weighted by atomic mass is 35.5. The molecule has 2 aromatic heterocycles. The highest BCUT2D eigenvalue weighted by Gasteiger charge is 2.21. The molecule has 0 saturated carbocycles. The van der Waals surface area contributed by atoms with Gasteiger partial charge in [-0.25, -0.2) is 4.68 Å². The second kappa shape index (κ2) is 6.62. The van der Waals surface area contributed by atoms with Gasteiger partial charge < -0.3 is 9.47 Å². The van der Waals surface area contributed by atoms with Gasteiger partial charge in [-0.1, -0.05) is 35.3 Å². The van der Waals surface area contributed by atoms with Crippen LogP contribution in [0.5, 0.6) is 11.5 Å². The van der Waals surface area contributed by atoms with Crippen LogP contribution < -0.4 is 9.47 Å². The largest absolute Gasteiger partial charge is 0.454 e. The molecule has 0 N–H and O–H groups in total. The third-order valence-corrected chi connectivity index (χ3v) is 5.69. The number of halogens is 2. The van der Waals surface area contributed by atoms with Gasteiger partial charge in [0.05, 0.1) is 16.7 Å². The van der Waals surface area contributed by atoms with Crippen LogP contribution in [-0.4, -0.2) is 21.6 Å². The van der Waals surface area contributed by atoms with Crippen molar-refractivity contribution in [3.05, 3.63) is 76.9 Å². The van der Waals surface area contributed by atoms with Gasteiger partial charge in [-0.3, -0.25) is 4.98 Å². The SMILES string of the molecule is Clc1ccc(-c2nn(-c3ccc(Cl)cc3)c3c2cnc2cc4c(cc23)OCO4)cc1. The fourth-order valence-electron chi connectivity index (χ4n) is 3.76. The highest BCUT2D eigenvalue weighted by Crippen LogP contribution is 2.40. The van der Waals surface area contributed by atoms with Crippen molar-refractivity contribution in [1.82, 2.24) is 14.8 Å². The molecule has 3 heterocycles. The molecule has 0 radical (unpaired) electrons. The molecule has 5 nitrogen and oxygen atoms in total. The van der Waals surface area contributed by atoms with E-state index in [4.69, 9.17) is 37.8 Å². The van der Waals surface area contributed by atoms with Crippen LogP contribution in [0.4, 0.5) is 0 Å². The molecule has 0 atom stereocenters. The van der Waals surface area contributed by atoms with Crippen molar-refractivity contribution in [1.29, 1.82) is 0 Å². The van der Waals surface area contributed by atoms with Gasteiger partial charge in [0.2, 0.25) is 6.79 Å². The number of aromatic nitrogens is 3. The summed E-state index contributed by atoms with van der Waals surface area (Å²) >= 11 is 12.2. The second-order valence-electron chi connectivity index (χ2n) is 6.99. The fourth-order valence-corrected chi connectivity index (χ4v) is 4.02. The Morgan fingerprint density at radius 2 is 1.47 bits per heavy atom. The zero-order valence-electron chi connectivity index (χ0n) is 15.5. The Morgan fingerprint density at radius 1 is 0.800 bits per heavy atom. The topological polar surface area (TPSA) is 49.2 Å². The minimum absolute atomic E-state index is 0.210. The predicted molar refractivity (Wildman–Crippen MR) is 118 cm³/mol. The van der Waals surface area contributed by atoms with E-state index in [1.807, 2.05) is 71.5 Å². The van der Waals surface area contributed by atoms with Crippen molar-refractivity contribution in [3.63, 3.8) is 0 Å². The van der Waals surface area contributed by atoms with Crippen LogP contribution in [0.15, 0.2) is 66.9 Å². The molecule has 0 saturated heterocycles. The molecule has 0 amide bonds. The van der Waals surface area contributed by atoms with Crippen LogP contribution in [-0.2, 0) is 0 Å². The molecule has 30 heavy (non-hydrogen) atoms. The summed E-state index contributed by atoms with van der Waals surface area (Å²) in [4.78, 5) is 4.68. The fraction of sp³-hybridized carbons (Fsp3) is 0.0435. The van der Waals surface area contributed by atoms with Crippen LogP contribution in [0, 0.1) is 0 Å². The number of ether oxygens (including phenoxy) is 2. The number of hydrogen-bond donors (Lipinski definition) is 0. The Labute approximate surface area is 181 Å². The van der Waals surface area contributed by atoms with E-state index in [9.17, 15) is 0 Å². The average molecular weight is 434 g/mol. The summed E-state index contributed by atoms with van der Waals surface area (Å²) in [6, 6.07) is 19.1. The average Bonchev–Trinajstić information content (AvgIpc) is 3.37. The lowest BCUT2D eigenvalue weighted by Crippen LogP contribution is -1.97. The molecule has 146 valence electrons. The molecule has 6 rings (SSSR count). The number of hydrogen-bond acceptors (Lipinski definition) is 4. The second-order valence-corrected chi connectivity index (χ2v) is 7.86. The van der Waals surface area contributed by atoms with Gasteiger partial charge in [0.15, 0.2) is 11.5 Å². The third kappa shape index (κ3) is 2.70. The van der Waals surface area contributed by atoms with Gasteiger partial charge in [0.1, 0.15) is 5.69 Å². The number of rotatable bonds is 2. The van der Waals surface area contributed by atoms with E-state index in [-0.39, 0.29) is 6.79 Å². The molecule has 3 aromatic carbocycles. The molecule has 0 unspecified atom stereocenters. The molecule has 0 aliphatic carbocycles. The summed E-state index contributed by atoms with van der Waals surface area (Å²) in [5, 5.41) is 8.16. The van der Waals surface area contributed by atoms with Gasteiger partial charge in [-0.15, -0.1) is 0 Å². The zero-order chi connectivity index (χ0) is 20.2. The van der Waals surface area contributed by atoms with Gasteiger partial charge in [0.25, 0.3) is 0 Å². The van der Waals surface area contributed by atoms with Crippen LogP contribution in [0.2, 0.25) is 10.0 Å². The van der Waals surface area contributed by atoms with E-state index in [1.54, 1.807) is 0 Å². The van der Waals surface area contributed by atoms with Gasteiger partial charge in [0, 0.05) is 38.6 Å². The Morgan fingerprint density at radius 3 is 2.20 bits per heavy atom. The molecule has 5 aromatic rings. The standard InChI is InChI=1S/C23H13Cl2N3O2/c24-14-3-1-13(2-4-14)22-18-11-26-19-10-21-20(29-12-30-21)9-17(19)23(18)28(27-22)16-7-5-15(25)6-8-16/h1-11H,12H2. The van der Waals surface area contributed by atoms with Crippen LogP contribution in [0.1, 0.15) is 0 Å². The minimum atomic E-state index is 0.210. The molecular formula is C23H13Cl2N3O2. The molecule has 0 bridgehead atoms. The Kier molecular flexibility index (Phi) is 3.88. The summed E-state index contributed by atoms with van der Waals surface area (Å²) in [5.41, 5.74) is 4.42. The molecule has 1 aliphatic heterocycles. The van der Waals surface area contributed by atoms with Crippen molar-refractivity contribution in [2.24, 2.45) is 0 Å². The zero-order valence-corrected chi connectivity index (χ0v) is 17.0. The summed E-state index contributed by atoms with van der Waals surface area (Å²) in [6.07, 6.45) is 1.85. The molecular weight excluding hydrogens is 421 g/mol. The van der Waals surface area contributed by atoms with E-state index in [2.05, 4.69) is 4.98 Å². The van der Waals surface area contributed by atoms with E-state index in [0.29, 0.717) is 21.5 Å². The van der Waals surface area contributed by atoms with E-state index in [1.165, 1.54) is 0 Å². The lowest BCUT2D eigenvalue weighted by molar-refractivity contribution is 0.174. The molecule has 1 aliphatic rings. The molecule has 7 heteroatoms. The van der Waals surface area contributed by atoms with E-state index < -0.39 is 0 Å².